The smallest absolute Gasteiger partial charge is 0.870 e. The normalized spacial score (nSPS) is 23.4. The first kappa shape index (κ1) is 69.0. The number of carbonyl (C=O) groups is 2. The Morgan fingerprint density at radius 1 is 0.667 bits per heavy atom. The molecule has 0 heterocycles. The summed E-state index contributed by atoms with van der Waals surface area (Å²) in [4.78, 5) is 22.4. The number of esters is 1. The number of fused-ring (bicyclic) bond motifs is 4. The van der Waals surface area contributed by atoms with E-state index in [0.717, 1.165) is 121 Å². The summed E-state index contributed by atoms with van der Waals surface area (Å²) in [6, 6.07) is 11.9. The molecule has 0 saturated heterocycles. The van der Waals surface area contributed by atoms with Crippen LogP contribution < -0.4 is 73.7 Å². The molecular formula is C51H86Na2O13. The van der Waals surface area contributed by atoms with E-state index in [1.165, 1.54) is 29.5 Å². The number of aliphatic hydroxyl groups excluding tert-OH is 5. The van der Waals surface area contributed by atoms with Gasteiger partial charge in [-0.3, -0.25) is 0 Å². The molecule has 2 fully saturated rings. The molecule has 0 spiro atoms. The Morgan fingerprint density at radius 2 is 1.08 bits per heavy atom. The van der Waals surface area contributed by atoms with Gasteiger partial charge >= 0.3 is 65.1 Å². The molecule has 0 unspecified atom stereocenters. The zero-order valence-electron chi connectivity index (χ0n) is 39.7. The molecule has 2 aromatic carbocycles. The van der Waals surface area contributed by atoms with E-state index in [-0.39, 0.29) is 134 Å². The van der Waals surface area contributed by atoms with Gasteiger partial charge in [-0.2, -0.15) is 0 Å². The van der Waals surface area contributed by atoms with Crippen LogP contribution in [0.1, 0.15) is 148 Å². The number of benzene rings is 2. The van der Waals surface area contributed by atoms with Crippen LogP contribution in [0, 0.1) is 35.5 Å². The number of unbranched alkanes of at least 4 members (excludes halogenated alkanes) is 4. The quantitative estimate of drug-likeness (QED) is 0.0640. The molecule has 15 heteroatoms. The van der Waals surface area contributed by atoms with Crippen LogP contribution in [-0.2, 0) is 40.0 Å². The fourth-order valence-corrected chi connectivity index (χ4v) is 10.7. The summed E-state index contributed by atoms with van der Waals surface area (Å²) in [5.74, 6) is 2.00. The van der Waals surface area contributed by atoms with Crippen molar-refractivity contribution in [2.24, 2.45) is 35.5 Å². The number of carboxylic acids is 1. The summed E-state index contributed by atoms with van der Waals surface area (Å²) in [6.45, 7) is 5.97. The van der Waals surface area contributed by atoms with Crippen LogP contribution in [0.2, 0.25) is 0 Å². The summed E-state index contributed by atoms with van der Waals surface area (Å²) >= 11 is 0. The van der Waals surface area contributed by atoms with Gasteiger partial charge in [0.1, 0.15) is 18.1 Å². The van der Waals surface area contributed by atoms with E-state index < -0.39 is 12.6 Å². The Labute approximate surface area is 441 Å². The minimum Gasteiger partial charge on any atom is -0.870 e. The molecule has 0 radical (unpaired) electrons. The van der Waals surface area contributed by atoms with Crippen LogP contribution in [0.25, 0.3) is 0 Å². The minimum absolute atomic E-state index is 0. The first-order valence-electron chi connectivity index (χ1n) is 23.0. The first-order valence-corrected chi connectivity index (χ1v) is 23.0. The van der Waals surface area contributed by atoms with E-state index in [2.05, 4.69) is 26.0 Å². The predicted molar refractivity (Wildman–Crippen MR) is 248 cm³/mol. The van der Waals surface area contributed by atoms with Crippen LogP contribution in [0.3, 0.4) is 0 Å². The van der Waals surface area contributed by atoms with E-state index >= 15 is 0 Å². The van der Waals surface area contributed by atoms with Gasteiger partial charge in [-0.15, -0.1) is 0 Å². The summed E-state index contributed by atoms with van der Waals surface area (Å²) in [6.07, 6.45) is 15.8. The van der Waals surface area contributed by atoms with Gasteiger partial charge in [-0.05, 0) is 154 Å². The molecule has 4 aliphatic carbocycles. The van der Waals surface area contributed by atoms with Gasteiger partial charge in [0.05, 0.1) is 37.0 Å². The molecule has 2 saturated carbocycles. The van der Waals surface area contributed by atoms with Gasteiger partial charge in [0.2, 0.25) is 0 Å². The number of rotatable bonds is 21. The molecule has 10 atom stereocenters. The van der Waals surface area contributed by atoms with Crippen molar-refractivity contribution in [1.29, 1.82) is 0 Å². The topological polar surface area (TPSA) is 248 Å². The van der Waals surface area contributed by atoms with Crippen molar-refractivity contribution in [3.63, 3.8) is 0 Å². The molecule has 6 rings (SSSR count). The largest absolute Gasteiger partial charge is 1.00 e. The second-order valence-corrected chi connectivity index (χ2v) is 17.6. The molecular weight excluding hydrogens is 867 g/mol. The van der Waals surface area contributed by atoms with Crippen LogP contribution in [0.15, 0.2) is 36.4 Å². The van der Waals surface area contributed by atoms with Crippen LogP contribution in [0.5, 0.6) is 11.5 Å². The van der Waals surface area contributed by atoms with E-state index in [0.29, 0.717) is 36.0 Å². The van der Waals surface area contributed by atoms with E-state index in [9.17, 15) is 35.1 Å². The first-order chi connectivity index (χ1) is 29.0. The van der Waals surface area contributed by atoms with Crippen molar-refractivity contribution >= 4 is 11.9 Å². The maximum Gasteiger partial charge on any atom is 1.00 e. The van der Waals surface area contributed by atoms with E-state index in [1.54, 1.807) is 6.92 Å². The monoisotopic (exact) mass is 953 g/mol. The summed E-state index contributed by atoms with van der Waals surface area (Å²) in [5, 5.41) is 59.7. The fraction of sp³-hybridized carbons (Fsp3) is 0.725. The summed E-state index contributed by atoms with van der Waals surface area (Å²) in [5.41, 5.74) is 4.72. The molecule has 0 aliphatic heterocycles. The van der Waals surface area contributed by atoms with Crippen molar-refractivity contribution in [2.45, 2.75) is 176 Å². The standard InChI is InChI=1S/C25H38O5.C23H34O5.CH4O.2CH4.2Na.2H2O/c1-3-5-6-9-19(26)11-12-20-21-13-17-8-7-10-24(30-16-25(28)29-4-2)22(17)14-18(21)15-23(20)27;1-2-3-4-7-17(24)9-10-18-19-11-15-6-5-8-22(28-14-23(26)27)20(15)12-16(19)13-21(18)25;1-2;;;;;;/h7-8,10,18-21,23,26-27H,3-6,9,11-16H2,1-2H3;5-6,8,16-19,21,24-25H,2-4,7,9-14H2,1H3,(H,26,27);2H,1H3;2*1H4;;;2*1H2/q;;;;;2*+1;;/p-2/t18-,19-,20+,21-,23+;16-,17-,18+,19-,21+;;;;;;;/m00......./s1. The molecule has 370 valence electrons. The van der Waals surface area contributed by atoms with Gasteiger partial charge in [0.15, 0.2) is 6.61 Å². The van der Waals surface area contributed by atoms with Gasteiger partial charge in [0.25, 0.3) is 0 Å². The Bertz CT molecular complexity index is 1600. The third kappa shape index (κ3) is 20.6. The Hall–Kier alpha value is -1.30. The van der Waals surface area contributed by atoms with Gasteiger partial charge in [-0.25, -0.2) is 4.79 Å². The van der Waals surface area contributed by atoms with Crippen molar-refractivity contribution < 1.29 is 125 Å². The maximum atomic E-state index is 11.7. The molecule has 13 nitrogen and oxygen atoms in total. The Kier molecular flexibility index (Phi) is 38.3. The Balaban J connectivity index is -0.00000107. The molecule has 0 bridgehead atoms. The fourth-order valence-electron chi connectivity index (χ4n) is 10.7. The number of carbonyl (C=O) groups excluding carboxylic acids is 2. The van der Waals surface area contributed by atoms with Crippen LogP contribution >= 0.6 is 0 Å². The average Bonchev–Trinajstić information content (AvgIpc) is 3.72. The average molecular weight is 953 g/mol. The summed E-state index contributed by atoms with van der Waals surface area (Å²) in [7, 11) is 1.00. The molecule has 0 amide bonds. The van der Waals surface area contributed by atoms with Gasteiger partial charge < -0.3 is 60.6 Å². The number of hydrogen-bond acceptors (Lipinski definition) is 12. The van der Waals surface area contributed by atoms with Crippen molar-refractivity contribution in [2.75, 3.05) is 26.9 Å². The van der Waals surface area contributed by atoms with Crippen LogP contribution in [-0.4, -0.2) is 99.8 Å². The molecule has 2 aromatic rings. The third-order valence-electron chi connectivity index (χ3n) is 13.6. The number of aliphatic hydroxyl groups is 5. The number of carboxylic acid groups (broad SMARTS) is 1. The SMILES string of the molecule is C.C.CCCCC[C@H](O)CC[C@@H]1[C@H]2Cc3cccc(OCC(=O)OCC)c3C[C@H]2C[C@H]1O.CCCCC[C@H](O)CC[C@@H]1[C@H]2Cc3cccc(OCC(=O)[O-])c3C[C@H]2C[C@H]1O.CO.O.[Na+].[Na+].[OH-]. The third-order valence-corrected chi connectivity index (χ3v) is 13.6. The molecule has 4 aliphatic rings. The number of aliphatic carboxylic acids is 1. The summed E-state index contributed by atoms with van der Waals surface area (Å²) < 4.78 is 16.2. The molecule has 66 heavy (non-hydrogen) atoms. The number of ether oxygens (including phenoxy) is 3. The molecule has 8 N–H and O–H groups in total. The zero-order chi connectivity index (χ0) is 43.6. The van der Waals surface area contributed by atoms with Crippen molar-refractivity contribution in [3.8, 4) is 11.5 Å². The van der Waals surface area contributed by atoms with E-state index in [4.69, 9.17) is 19.3 Å². The van der Waals surface area contributed by atoms with Crippen molar-refractivity contribution in [3.05, 3.63) is 58.7 Å². The van der Waals surface area contributed by atoms with Crippen molar-refractivity contribution in [1.82, 2.24) is 0 Å². The molecule has 0 aromatic heterocycles. The minimum atomic E-state index is -1.22. The number of hydrogen-bond donors (Lipinski definition) is 5. The van der Waals surface area contributed by atoms with Crippen LogP contribution in [0.4, 0.5) is 0 Å². The van der Waals surface area contributed by atoms with Gasteiger partial charge in [-0.1, -0.05) is 91.5 Å². The second kappa shape index (κ2) is 36.6. The predicted octanol–water partition coefficient (Wildman–Crippen LogP) is 0.197. The van der Waals surface area contributed by atoms with E-state index in [1.807, 2.05) is 24.3 Å². The second-order valence-electron chi connectivity index (χ2n) is 17.6. The Morgan fingerprint density at radius 3 is 1.45 bits per heavy atom. The van der Waals surface area contributed by atoms with Gasteiger partial charge in [0, 0.05) is 7.11 Å². The maximum absolute atomic E-state index is 11.7. The zero-order valence-corrected chi connectivity index (χ0v) is 43.7.